The van der Waals surface area contributed by atoms with E-state index in [1.165, 1.54) is 0 Å². The van der Waals surface area contributed by atoms with E-state index in [0.29, 0.717) is 19.8 Å². The second-order valence-corrected chi connectivity index (χ2v) is 4.80. The molecule has 1 amide bonds. The molecule has 5 nitrogen and oxygen atoms in total. The quantitative estimate of drug-likeness (QED) is 0.893. The lowest BCUT2D eigenvalue weighted by atomic mass is 10.1. The van der Waals surface area contributed by atoms with Crippen LogP contribution >= 0.6 is 0 Å². The number of aliphatic hydroxyl groups is 1. The van der Waals surface area contributed by atoms with E-state index in [1.807, 2.05) is 30.3 Å². The first-order chi connectivity index (χ1) is 9.81. The highest BCUT2D eigenvalue weighted by Crippen LogP contribution is 2.16. The molecule has 20 heavy (non-hydrogen) atoms. The molecular weight excluding hydrogens is 258 g/mol. The molecule has 0 unspecified atom stereocenters. The molecule has 0 saturated carbocycles. The van der Waals surface area contributed by atoms with Crippen LogP contribution in [0.3, 0.4) is 0 Å². The lowest BCUT2D eigenvalue weighted by Crippen LogP contribution is -2.45. The smallest absolute Gasteiger partial charge is 0.410 e. The summed E-state index contributed by atoms with van der Waals surface area (Å²) in [5.74, 6) is 0. The van der Waals surface area contributed by atoms with Crippen molar-refractivity contribution in [2.75, 3.05) is 26.4 Å². The highest BCUT2D eigenvalue weighted by atomic mass is 16.6. The normalized spacial score (nSPS) is 15.8. The number of hydrogen-bond donors (Lipinski definition) is 1. The van der Waals surface area contributed by atoms with Gasteiger partial charge in [-0.2, -0.15) is 0 Å². The van der Waals surface area contributed by atoms with Crippen LogP contribution in [0.4, 0.5) is 4.79 Å². The minimum Gasteiger partial charge on any atom is -0.445 e. The van der Waals surface area contributed by atoms with E-state index in [4.69, 9.17) is 14.6 Å². The second kappa shape index (κ2) is 7.87. The Bertz CT molecular complexity index is 404. The molecule has 110 valence electrons. The van der Waals surface area contributed by atoms with Crippen molar-refractivity contribution in [2.24, 2.45) is 0 Å². The van der Waals surface area contributed by atoms with Crippen molar-refractivity contribution >= 4 is 6.09 Å². The van der Waals surface area contributed by atoms with Crippen LogP contribution in [-0.4, -0.2) is 48.5 Å². The molecule has 1 saturated heterocycles. The van der Waals surface area contributed by atoms with Gasteiger partial charge < -0.3 is 19.5 Å². The number of carbonyl (C=O) groups excluding carboxylic acids is 1. The molecule has 0 radical (unpaired) electrons. The largest absolute Gasteiger partial charge is 0.445 e. The first-order valence-corrected chi connectivity index (χ1v) is 6.97. The number of nitrogens with zero attached hydrogens (tertiary/aromatic N) is 1. The molecule has 1 aromatic carbocycles. The zero-order valence-electron chi connectivity index (χ0n) is 11.5. The summed E-state index contributed by atoms with van der Waals surface area (Å²) in [5.41, 5.74) is 0.955. The Labute approximate surface area is 119 Å². The monoisotopic (exact) mass is 279 g/mol. The third-order valence-electron chi connectivity index (χ3n) is 3.41. The Kier molecular flexibility index (Phi) is 5.83. The SMILES string of the molecule is O=C(OCc1ccccc1)N(CCO)C1CCOCC1. The first kappa shape index (κ1) is 14.8. The van der Waals surface area contributed by atoms with E-state index in [0.717, 1.165) is 18.4 Å². The van der Waals surface area contributed by atoms with Gasteiger partial charge in [0.25, 0.3) is 0 Å². The molecule has 1 aromatic rings. The van der Waals surface area contributed by atoms with Crippen LogP contribution in [-0.2, 0) is 16.1 Å². The number of aliphatic hydroxyl groups excluding tert-OH is 1. The Hall–Kier alpha value is -1.59. The molecule has 0 spiro atoms. The predicted octanol–water partition coefficient (Wildman–Crippen LogP) is 1.80. The van der Waals surface area contributed by atoms with Gasteiger partial charge in [-0.05, 0) is 18.4 Å². The molecule has 1 fully saturated rings. The van der Waals surface area contributed by atoms with Crippen LogP contribution in [0.2, 0.25) is 0 Å². The topological polar surface area (TPSA) is 59.0 Å². The maximum atomic E-state index is 12.2. The van der Waals surface area contributed by atoms with E-state index in [1.54, 1.807) is 4.90 Å². The highest BCUT2D eigenvalue weighted by molar-refractivity contribution is 5.68. The summed E-state index contributed by atoms with van der Waals surface area (Å²) in [6.45, 7) is 1.80. The maximum absolute atomic E-state index is 12.2. The van der Waals surface area contributed by atoms with Gasteiger partial charge in [-0.3, -0.25) is 0 Å². The van der Waals surface area contributed by atoms with Crippen LogP contribution < -0.4 is 0 Å². The van der Waals surface area contributed by atoms with E-state index < -0.39 is 0 Å². The molecule has 0 bridgehead atoms. The standard InChI is InChI=1S/C15H21NO4/c17-9-8-16(14-6-10-19-11-7-14)15(18)20-12-13-4-2-1-3-5-13/h1-5,14,17H,6-12H2. The summed E-state index contributed by atoms with van der Waals surface area (Å²) in [6.07, 6.45) is 1.22. The zero-order chi connectivity index (χ0) is 14.2. The van der Waals surface area contributed by atoms with Crippen molar-refractivity contribution in [1.29, 1.82) is 0 Å². The molecule has 1 aliphatic rings. The molecule has 0 aliphatic carbocycles. The first-order valence-electron chi connectivity index (χ1n) is 6.97. The number of rotatable bonds is 5. The molecular formula is C15H21NO4. The average molecular weight is 279 g/mol. The van der Waals surface area contributed by atoms with E-state index in [-0.39, 0.29) is 25.3 Å². The summed E-state index contributed by atoms with van der Waals surface area (Å²) in [4.78, 5) is 13.8. The second-order valence-electron chi connectivity index (χ2n) is 4.80. The van der Waals surface area contributed by atoms with Crippen molar-refractivity contribution < 1.29 is 19.4 Å². The highest BCUT2D eigenvalue weighted by Gasteiger charge is 2.26. The van der Waals surface area contributed by atoms with Crippen LogP contribution in [0, 0.1) is 0 Å². The van der Waals surface area contributed by atoms with Crippen LogP contribution in [0.15, 0.2) is 30.3 Å². The Balaban J connectivity index is 1.89. The minimum absolute atomic E-state index is 0.0577. The molecule has 1 heterocycles. The number of hydrogen-bond acceptors (Lipinski definition) is 4. The molecule has 0 atom stereocenters. The van der Waals surface area contributed by atoms with Gasteiger partial charge >= 0.3 is 6.09 Å². The summed E-state index contributed by atoms with van der Waals surface area (Å²) >= 11 is 0. The van der Waals surface area contributed by atoms with Crippen molar-refractivity contribution in [3.8, 4) is 0 Å². The van der Waals surface area contributed by atoms with Crippen LogP contribution in [0.1, 0.15) is 18.4 Å². The minimum atomic E-state index is -0.366. The maximum Gasteiger partial charge on any atom is 0.410 e. The predicted molar refractivity (Wildman–Crippen MR) is 74.3 cm³/mol. The summed E-state index contributed by atoms with van der Waals surface area (Å²) in [5, 5.41) is 9.12. The van der Waals surface area contributed by atoms with Crippen molar-refractivity contribution in [2.45, 2.75) is 25.5 Å². The van der Waals surface area contributed by atoms with Gasteiger partial charge in [0, 0.05) is 25.8 Å². The van der Waals surface area contributed by atoms with Crippen LogP contribution in [0.25, 0.3) is 0 Å². The molecule has 0 aromatic heterocycles. The summed E-state index contributed by atoms with van der Waals surface area (Å²) in [7, 11) is 0. The molecule has 1 aliphatic heterocycles. The fraction of sp³-hybridized carbons (Fsp3) is 0.533. The lowest BCUT2D eigenvalue weighted by molar-refractivity contribution is 0.0190. The van der Waals surface area contributed by atoms with Crippen molar-refractivity contribution in [3.63, 3.8) is 0 Å². The molecule has 1 N–H and O–H groups in total. The van der Waals surface area contributed by atoms with E-state index in [2.05, 4.69) is 0 Å². The van der Waals surface area contributed by atoms with Gasteiger partial charge in [0.2, 0.25) is 0 Å². The summed E-state index contributed by atoms with van der Waals surface area (Å²) < 4.78 is 10.6. The third kappa shape index (κ3) is 4.21. The number of carbonyl (C=O) groups is 1. The summed E-state index contributed by atoms with van der Waals surface area (Å²) in [6, 6.07) is 9.67. The lowest BCUT2D eigenvalue weighted by Gasteiger charge is -2.33. The fourth-order valence-electron chi connectivity index (χ4n) is 2.33. The Morgan fingerprint density at radius 2 is 2.00 bits per heavy atom. The Morgan fingerprint density at radius 3 is 2.65 bits per heavy atom. The Morgan fingerprint density at radius 1 is 1.30 bits per heavy atom. The van der Waals surface area contributed by atoms with Crippen molar-refractivity contribution in [3.05, 3.63) is 35.9 Å². The van der Waals surface area contributed by atoms with E-state index in [9.17, 15) is 4.79 Å². The molecule has 5 heteroatoms. The van der Waals surface area contributed by atoms with Gasteiger partial charge in [0.1, 0.15) is 6.61 Å². The van der Waals surface area contributed by atoms with Gasteiger partial charge in [-0.1, -0.05) is 30.3 Å². The average Bonchev–Trinajstić information content (AvgIpc) is 2.52. The van der Waals surface area contributed by atoms with Gasteiger partial charge in [-0.25, -0.2) is 4.79 Å². The van der Waals surface area contributed by atoms with Crippen LogP contribution in [0.5, 0.6) is 0 Å². The van der Waals surface area contributed by atoms with Gasteiger partial charge in [-0.15, -0.1) is 0 Å². The van der Waals surface area contributed by atoms with Crippen molar-refractivity contribution in [1.82, 2.24) is 4.90 Å². The van der Waals surface area contributed by atoms with E-state index >= 15 is 0 Å². The van der Waals surface area contributed by atoms with Gasteiger partial charge in [0.05, 0.1) is 6.61 Å². The third-order valence-corrected chi connectivity index (χ3v) is 3.41. The van der Waals surface area contributed by atoms with Gasteiger partial charge in [0.15, 0.2) is 0 Å². The molecule has 2 rings (SSSR count). The number of amides is 1. The number of ether oxygens (including phenoxy) is 2. The fourth-order valence-corrected chi connectivity index (χ4v) is 2.33. The zero-order valence-corrected chi connectivity index (χ0v) is 11.5. The number of benzene rings is 1.